The molecule has 0 aromatic carbocycles. The molecule has 68 valence electrons. The first kappa shape index (κ1) is 9.29. The highest BCUT2D eigenvalue weighted by Crippen LogP contribution is 2.01. The van der Waals surface area contributed by atoms with E-state index >= 15 is 0 Å². The zero-order valence-corrected chi connectivity index (χ0v) is 7.11. The summed E-state index contributed by atoms with van der Waals surface area (Å²) < 4.78 is 1.02. The standard InChI is InChI=1S/C8H9N3O2/c1-2-3-6-4-11(5-12)8(13)10-7(6)9/h4,12H,5H2,1H3,(H2,9,10,13). The van der Waals surface area contributed by atoms with Crippen LogP contribution in [0.1, 0.15) is 12.5 Å². The van der Waals surface area contributed by atoms with Crippen LogP contribution in [0.5, 0.6) is 0 Å². The quantitative estimate of drug-likeness (QED) is 0.550. The summed E-state index contributed by atoms with van der Waals surface area (Å²) in [6, 6.07) is 0. The van der Waals surface area contributed by atoms with Gasteiger partial charge in [0.1, 0.15) is 12.5 Å². The van der Waals surface area contributed by atoms with Crippen LogP contribution in [0, 0.1) is 11.8 Å². The molecule has 5 nitrogen and oxygen atoms in total. The molecular formula is C8H9N3O2. The highest BCUT2D eigenvalue weighted by molar-refractivity contribution is 5.48. The Labute approximate surface area is 74.8 Å². The maximum atomic E-state index is 11.0. The van der Waals surface area contributed by atoms with Crippen molar-refractivity contribution in [3.05, 3.63) is 22.2 Å². The topological polar surface area (TPSA) is 81.1 Å². The lowest BCUT2D eigenvalue weighted by Crippen LogP contribution is -2.24. The molecule has 1 aromatic rings. The summed E-state index contributed by atoms with van der Waals surface area (Å²) >= 11 is 0. The first-order valence-corrected chi connectivity index (χ1v) is 3.59. The maximum absolute atomic E-state index is 11.0. The summed E-state index contributed by atoms with van der Waals surface area (Å²) in [4.78, 5) is 14.5. The average molecular weight is 179 g/mol. The minimum Gasteiger partial charge on any atom is -0.382 e. The molecule has 0 fully saturated rings. The number of aliphatic hydroxyl groups excluding tert-OH is 1. The molecule has 3 N–H and O–H groups in total. The van der Waals surface area contributed by atoms with E-state index in [-0.39, 0.29) is 5.82 Å². The van der Waals surface area contributed by atoms with Crippen LogP contribution in [-0.4, -0.2) is 14.7 Å². The molecule has 0 atom stereocenters. The first-order chi connectivity index (χ1) is 6.19. The van der Waals surface area contributed by atoms with Gasteiger partial charge in [0.2, 0.25) is 0 Å². The molecule has 0 radical (unpaired) electrons. The van der Waals surface area contributed by atoms with Gasteiger partial charge in [0.25, 0.3) is 0 Å². The molecule has 1 aromatic heterocycles. The number of aliphatic hydroxyl groups is 1. The number of aromatic nitrogens is 2. The van der Waals surface area contributed by atoms with Crippen molar-refractivity contribution in [2.24, 2.45) is 0 Å². The van der Waals surface area contributed by atoms with Gasteiger partial charge in [-0.3, -0.25) is 4.57 Å². The number of hydrogen-bond acceptors (Lipinski definition) is 4. The second-order valence-electron chi connectivity index (χ2n) is 2.31. The van der Waals surface area contributed by atoms with Crippen molar-refractivity contribution in [3.63, 3.8) is 0 Å². The number of nitrogens with zero attached hydrogens (tertiary/aromatic N) is 2. The van der Waals surface area contributed by atoms with E-state index in [0.717, 1.165) is 4.57 Å². The molecule has 0 spiro atoms. The molecule has 0 saturated heterocycles. The predicted molar refractivity (Wildman–Crippen MR) is 47.7 cm³/mol. The lowest BCUT2D eigenvalue weighted by atomic mass is 10.3. The molecule has 1 rings (SSSR count). The summed E-state index contributed by atoms with van der Waals surface area (Å²) in [5.74, 6) is 5.39. The summed E-state index contributed by atoms with van der Waals surface area (Å²) in [7, 11) is 0. The number of rotatable bonds is 1. The van der Waals surface area contributed by atoms with E-state index in [0.29, 0.717) is 5.56 Å². The van der Waals surface area contributed by atoms with Crippen molar-refractivity contribution >= 4 is 5.82 Å². The zero-order valence-electron chi connectivity index (χ0n) is 7.11. The summed E-state index contributed by atoms with van der Waals surface area (Å²) in [6.07, 6.45) is 1.38. The predicted octanol–water partition coefficient (Wildman–Crippen LogP) is -0.853. The van der Waals surface area contributed by atoms with E-state index in [1.807, 2.05) is 0 Å². The minimum atomic E-state index is -0.582. The summed E-state index contributed by atoms with van der Waals surface area (Å²) in [6.45, 7) is 1.22. The van der Waals surface area contributed by atoms with E-state index in [4.69, 9.17) is 10.8 Å². The van der Waals surface area contributed by atoms with Gasteiger partial charge in [-0.05, 0) is 6.92 Å². The number of nitrogens with two attached hydrogens (primary N) is 1. The Kier molecular flexibility index (Phi) is 2.67. The lowest BCUT2D eigenvalue weighted by Gasteiger charge is -2.01. The van der Waals surface area contributed by atoms with E-state index in [2.05, 4.69) is 16.8 Å². The van der Waals surface area contributed by atoms with E-state index in [9.17, 15) is 4.79 Å². The van der Waals surface area contributed by atoms with Gasteiger partial charge in [-0.15, -0.1) is 5.92 Å². The van der Waals surface area contributed by atoms with Crippen molar-refractivity contribution in [3.8, 4) is 11.8 Å². The fourth-order valence-electron chi connectivity index (χ4n) is 0.837. The van der Waals surface area contributed by atoms with E-state index in [1.165, 1.54) is 6.20 Å². The summed E-state index contributed by atoms with van der Waals surface area (Å²) in [5, 5.41) is 8.74. The van der Waals surface area contributed by atoms with Crippen LogP contribution in [0.3, 0.4) is 0 Å². The van der Waals surface area contributed by atoms with Crippen LogP contribution in [0.25, 0.3) is 0 Å². The Morgan fingerprint density at radius 2 is 2.46 bits per heavy atom. The van der Waals surface area contributed by atoms with Crippen LogP contribution in [0.15, 0.2) is 11.0 Å². The highest BCUT2D eigenvalue weighted by atomic mass is 16.3. The van der Waals surface area contributed by atoms with Crippen molar-refractivity contribution < 1.29 is 5.11 Å². The number of nitrogen functional groups attached to an aromatic ring is 1. The zero-order chi connectivity index (χ0) is 9.84. The Morgan fingerprint density at radius 1 is 1.77 bits per heavy atom. The molecule has 0 aliphatic carbocycles. The fourth-order valence-corrected chi connectivity index (χ4v) is 0.837. The van der Waals surface area contributed by atoms with Crippen LogP contribution in [-0.2, 0) is 6.73 Å². The largest absolute Gasteiger partial charge is 0.382 e. The van der Waals surface area contributed by atoms with Crippen molar-refractivity contribution in [2.75, 3.05) is 5.73 Å². The van der Waals surface area contributed by atoms with Crippen LogP contribution < -0.4 is 11.4 Å². The molecule has 0 aliphatic heterocycles. The average Bonchev–Trinajstić information content (AvgIpc) is 2.10. The highest BCUT2D eigenvalue weighted by Gasteiger charge is 2.01. The lowest BCUT2D eigenvalue weighted by molar-refractivity contribution is 0.204. The monoisotopic (exact) mass is 179 g/mol. The second kappa shape index (κ2) is 3.74. The van der Waals surface area contributed by atoms with Crippen molar-refractivity contribution in [2.45, 2.75) is 13.7 Å². The van der Waals surface area contributed by atoms with Crippen LogP contribution in [0.4, 0.5) is 5.82 Å². The Bertz CT molecular complexity index is 425. The Hall–Kier alpha value is -1.80. The number of hydrogen-bond donors (Lipinski definition) is 2. The third-order valence-corrected chi connectivity index (χ3v) is 1.43. The van der Waals surface area contributed by atoms with E-state index in [1.54, 1.807) is 6.92 Å². The molecule has 0 amide bonds. The van der Waals surface area contributed by atoms with Gasteiger partial charge in [-0.2, -0.15) is 4.98 Å². The second-order valence-corrected chi connectivity index (χ2v) is 2.31. The SMILES string of the molecule is CC#Cc1cn(CO)c(=O)nc1N. The van der Waals surface area contributed by atoms with Gasteiger partial charge in [-0.25, -0.2) is 4.79 Å². The van der Waals surface area contributed by atoms with Crippen molar-refractivity contribution in [1.82, 2.24) is 9.55 Å². The molecule has 1 heterocycles. The Morgan fingerprint density at radius 3 is 3.00 bits per heavy atom. The third kappa shape index (κ3) is 1.86. The van der Waals surface area contributed by atoms with Crippen LogP contribution >= 0.6 is 0 Å². The van der Waals surface area contributed by atoms with Crippen LogP contribution in [0.2, 0.25) is 0 Å². The molecular weight excluding hydrogens is 170 g/mol. The minimum absolute atomic E-state index is 0.0871. The van der Waals surface area contributed by atoms with Gasteiger partial charge >= 0.3 is 5.69 Å². The van der Waals surface area contributed by atoms with Crippen molar-refractivity contribution in [1.29, 1.82) is 0 Å². The van der Waals surface area contributed by atoms with Gasteiger partial charge in [0.15, 0.2) is 0 Å². The third-order valence-electron chi connectivity index (χ3n) is 1.43. The van der Waals surface area contributed by atoms with Gasteiger partial charge in [0.05, 0.1) is 5.56 Å². The summed E-state index contributed by atoms with van der Waals surface area (Å²) in [5.41, 5.74) is 5.28. The Balaban J connectivity index is 3.36. The molecule has 0 unspecified atom stereocenters. The normalized spacial score (nSPS) is 9.08. The van der Waals surface area contributed by atoms with Gasteiger partial charge in [0, 0.05) is 6.20 Å². The molecule has 0 saturated carbocycles. The molecule has 0 bridgehead atoms. The molecule has 13 heavy (non-hydrogen) atoms. The smallest absolute Gasteiger partial charge is 0.351 e. The molecule has 0 aliphatic rings. The molecule has 5 heteroatoms. The first-order valence-electron chi connectivity index (χ1n) is 3.59. The van der Waals surface area contributed by atoms with Gasteiger partial charge < -0.3 is 10.8 Å². The number of anilines is 1. The fraction of sp³-hybridized carbons (Fsp3) is 0.250. The maximum Gasteiger partial charge on any atom is 0.351 e. The van der Waals surface area contributed by atoms with Gasteiger partial charge in [-0.1, -0.05) is 5.92 Å². The van der Waals surface area contributed by atoms with E-state index < -0.39 is 12.4 Å².